The second kappa shape index (κ2) is 25.0. The summed E-state index contributed by atoms with van der Waals surface area (Å²) < 4.78 is 53.3. The number of thiazole rings is 1. The fraction of sp³-hybridized carbons (Fsp3) is 0.373. The number of hydrogen-bond donors (Lipinski definition) is 1. The highest BCUT2D eigenvalue weighted by Crippen LogP contribution is 2.41. The number of likely N-dealkylation sites (tertiary alicyclic amines) is 1. The Hall–Kier alpha value is -7.05. The van der Waals surface area contributed by atoms with Gasteiger partial charge in [-0.05, 0) is 93.0 Å². The highest BCUT2D eigenvalue weighted by molar-refractivity contribution is 7.92. The van der Waals surface area contributed by atoms with Crippen molar-refractivity contribution in [2.45, 2.75) is 70.8 Å². The van der Waals surface area contributed by atoms with Crippen LogP contribution >= 0.6 is 22.9 Å². The number of carbonyl (C=O) groups is 6. The summed E-state index contributed by atoms with van der Waals surface area (Å²) in [5.41, 5.74) is 0.358. The first-order valence-corrected chi connectivity index (χ1v) is 26.8. The number of quaternary nitrogens is 1. The van der Waals surface area contributed by atoms with Gasteiger partial charge in [-0.2, -0.15) is 0 Å². The van der Waals surface area contributed by atoms with Gasteiger partial charge in [0.1, 0.15) is 54.0 Å². The number of ether oxygens (including phenoxy) is 5. The monoisotopic (exact) mass is 1120 g/mol. The molecule has 3 aliphatic rings. The van der Waals surface area contributed by atoms with Crippen LogP contribution in [0.4, 0.5) is 4.79 Å². The molecule has 21 nitrogen and oxygen atoms in total. The molecule has 4 aromatic rings. The van der Waals surface area contributed by atoms with Crippen LogP contribution < -0.4 is 24.3 Å². The molecular weight excluding hydrogens is 1060 g/mol. The molecule has 0 aliphatic carbocycles. The van der Waals surface area contributed by atoms with Crippen molar-refractivity contribution in [1.29, 1.82) is 0 Å². The molecule has 0 spiro atoms. The van der Waals surface area contributed by atoms with E-state index in [1.165, 1.54) is 22.8 Å². The molecule has 1 aromatic heterocycles. The topological polar surface area (TPSA) is 243 Å². The van der Waals surface area contributed by atoms with Crippen LogP contribution in [0.15, 0.2) is 94.8 Å². The van der Waals surface area contributed by atoms with Crippen molar-refractivity contribution in [3.63, 3.8) is 0 Å². The number of halogens is 1. The van der Waals surface area contributed by atoms with Gasteiger partial charge in [-0.15, -0.1) is 11.3 Å². The van der Waals surface area contributed by atoms with Crippen LogP contribution in [0.25, 0.3) is 0 Å². The number of fused-ring (bicyclic) bond motifs is 1. The molecule has 7 rings (SSSR count). The Kier molecular flexibility index (Phi) is 18.7. The number of benzene rings is 3. The molecular formula is C51H58B2ClN6O15S2+. The number of imide groups is 1. The molecule has 2 saturated heterocycles. The van der Waals surface area contributed by atoms with E-state index in [-0.39, 0.29) is 76.6 Å². The van der Waals surface area contributed by atoms with Gasteiger partial charge in [0.05, 0.1) is 61.6 Å². The third kappa shape index (κ3) is 13.6. The lowest BCUT2D eigenvalue weighted by Crippen LogP contribution is -2.75. The Labute approximate surface area is 459 Å². The number of rotatable bonds is 21. The zero-order valence-corrected chi connectivity index (χ0v) is 46.2. The average Bonchev–Trinajstić information content (AvgIpc) is 4.07. The number of methoxy groups -OCH3 is 2. The van der Waals surface area contributed by atoms with Crippen molar-refractivity contribution in [3.05, 3.63) is 122 Å². The van der Waals surface area contributed by atoms with Crippen molar-refractivity contribution < 1.29 is 75.6 Å². The molecule has 0 bridgehead atoms. The largest absolute Gasteiger partial charge is 0.614 e. The van der Waals surface area contributed by atoms with Crippen molar-refractivity contribution in [2.24, 2.45) is 5.16 Å². The van der Waals surface area contributed by atoms with Crippen LogP contribution in [0.3, 0.4) is 0 Å². The molecule has 4 amide bonds. The number of hydrogen-bond acceptors (Lipinski definition) is 18. The number of oxime groups is 1. The lowest BCUT2D eigenvalue weighted by Gasteiger charge is -2.50. The van der Waals surface area contributed by atoms with E-state index in [0.717, 1.165) is 49.9 Å². The summed E-state index contributed by atoms with van der Waals surface area (Å²) in [6, 6.07) is 16.1. The number of β-lactam (4-membered cyclic amide) rings is 1. The molecule has 1 N–H and O–H groups in total. The van der Waals surface area contributed by atoms with Gasteiger partial charge < -0.3 is 52.2 Å². The van der Waals surface area contributed by atoms with Gasteiger partial charge in [0.15, 0.2) is 23.3 Å². The SMILES string of the molecule is BOC(=O)C(=C)O/N=C(\C(=O)N[C@@H]1C(=O)N2C(C(=O)OB)=C(C[N+]3(CCN(C(=O)OC(C)(C)C)C(=O)c4ccc(OCc5ccc(OC)cc5)c(OCc5ccc(OC)cc5)c4Cl)CCCC3)C[S+]([O-])[C@H]12)c1csc(C)n1. The van der Waals surface area contributed by atoms with E-state index in [1.807, 2.05) is 24.3 Å². The summed E-state index contributed by atoms with van der Waals surface area (Å²) in [7, 11) is 5.39. The third-order valence-corrected chi connectivity index (χ3v) is 15.5. The Morgan fingerprint density at radius 3 is 2.14 bits per heavy atom. The van der Waals surface area contributed by atoms with Gasteiger partial charge in [-0.25, -0.2) is 24.3 Å². The number of nitrogens with zero attached hydrogens (tertiary/aromatic N) is 5. The van der Waals surface area contributed by atoms with E-state index >= 15 is 0 Å². The van der Waals surface area contributed by atoms with Crippen LogP contribution in [-0.4, -0.2) is 151 Å². The van der Waals surface area contributed by atoms with Gasteiger partial charge in [0.2, 0.25) is 11.1 Å². The fourth-order valence-electron chi connectivity index (χ4n) is 8.83. The van der Waals surface area contributed by atoms with E-state index in [4.69, 9.17) is 44.8 Å². The van der Waals surface area contributed by atoms with Crippen LogP contribution in [0, 0.1) is 6.92 Å². The Morgan fingerprint density at radius 2 is 1.58 bits per heavy atom. The molecule has 3 atom stereocenters. The second-order valence-corrected chi connectivity index (χ2v) is 22.0. The van der Waals surface area contributed by atoms with Crippen LogP contribution in [0.5, 0.6) is 23.0 Å². The quantitative estimate of drug-likeness (QED) is 0.0181. The lowest BCUT2D eigenvalue weighted by molar-refractivity contribution is -0.911. The summed E-state index contributed by atoms with van der Waals surface area (Å²) in [6.45, 7) is 11.4. The van der Waals surface area contributed by atoms with Gasteiger partial charge in [-0.1, -0.05) is 41.0 Å². The first-order chi connectivity index (χ1) is 36.7. The minimum absolute atomic E-state index is 0.0258. The maximum absolute atomic E-state index is 14.9. The van der Waals surface area contributed by atoms with E-state index < -0.39 is 75.4 Å². The first-order valence-electron chi connectivity index (χ1n) is 24.2. The Balaban J connectivity index is 1.15. The average molecular weight is 1120 g/mol. The van der Waals surface area contributed by atoms with E-state index in [9.17, 15) is 33.3 Å². The lowest BCUT2D eigenvalue weighted by atomic mass is 10.0. The van der Waals surface area contributed by atoms with E-state index in [0.29, 0.717) is 35.2 Å². The zero-order chi connectivity index (χ0) is 55.8. The molecule has 3 aromatic carbocycles. The first kappa shape index (κ1) is 57.7. The molecule has 26 heteroatoms. The predicted molar refractivity (Wildman–Crippen MR) is 288 cm³/mol. The third-order valence-electron chi connectivity index (χ3n) is 12.7. The van der Waals surface area contributed by atoms with Crippen molar-refractivity contribution >= 4 is 91.7 Å². The number of nitrogens with one attached hydrogen (secondary N) is 1. The summed E-state index contributed by atoms with van der Waals surface area (Å²) in [4.78, 5) is 94.2. The van der Waals surface area contributed by atoms with Gasteiger partial charge in [0.25, 0.3) is 17.7 Å². The van der Waals surface area contributed by atoms with E-state index in [1.54, 1.807) is 72.2 Å². The molecule has 0 radical (unpaired) electrons. The molecule has 4 heterocycles. The molecule has 2 fully saturated rings. The number of amides is 4. The van der Waals surface area contributed by atoms with Crippen LogP contribution in [0.1, 0.15) is 65.8 Å². The van der Waals surface area contributed by atoms with Crippen LogP contribution in [-0.2, 0) is 62.5 Å². The van der Waals surface area contributed by atoms with Crippen molar-refractivity contribution in [3.8, 4) is 23.0 Å². The summed E-state index contributed by atoms with van der Waals surface area (Å²) in [5.74, 6) is -3.41. The van der Waals surface area contributed by atoms with Crippen LogP contribution in [0.2, 0.25) is 5.02 Å². The fourth-order valence-corrected chi connectivity index (χ4v) is 11.4. The number of aromatic nitrogens is 1. The highest BCUT2D eigenvalue weighted by atomic mass is 35.5. The molecule has 1 unspecified atom stereocenters. The molecule has 77 heavy (non-hydrogen) atoms. The summed E-state index contributed by atoms with van der Waals surface area (Å²) in [5, 5.41) is 7.14. The van der Waals surface area contributed by atoms with Crippen molar-refractivity contribution in [1.82, 2.24) is 20.1 Å². The van der Waals surface area contributed by atoms with Gasteiger partial charge in [0, 0.05) is 18.2 Å². The second-order valence-electron chi connectivity index (χ2n) is 19.1. The Bertz CT molecular complexity index is 2970. The van der Waals surface area contributed by atoms with Crippen molar-refractivity contribution in [2.75, 3.05) is 52.7 Å². The normalized spacial score (nSPS) is 17.8. The van der Waals surface area contributed by atoms with Gasteiger partial charge >= 0.3 is 34.1 Å². The minimum Gasteiger partial charge on any atom is -0.614 e. The molecule has 3 aliphatic heterocycles. The predicted octanol–water partition coefficient (Wildman–Crippen LogP) is 4.05. The standard InChI is InChI=1S/C51H57B2ClN6O15S2/c1-29(48(64)73-52)75-57-40(37-27-76-30(2)55-37)44(61)56-41-46(63)59-42(49(65)74-53)33(28-77(67)47(41)59)24-60(21-8-9-22-60)23-20-58(50(66)72-51(3,4)5)45(62)36-18-19-38(70-25-31-10-14-34(68-6)15-11-31)43(39(36)54)71-26-32-12-16-35(69-7)17-13-32/h10-19,27,41,47H,1,8-9,20-26,28,52-53H2,2-7H3/p+1/b57-40-/t41-,47-,77?/m1/s1. The zero-order valence-electron chi connectivity index (χ0n) is 43.8. The Morgan fingerprint density at radius 1 is 0.961 bits per heavy atom. The van der Waals surface area contributed by atoms with Gasteiger partial charge in [-0.3, -0.25) is 19.3 Å². The summed E-state index contributed by atoms with van der Waals surface area (Å²) in [6.07, 6.45) is 0.535. The molecule has 0 saturated carbocycles. The van der Waals surface area contributed by atoms with E-state index in [2.05, 4.69) is 26.7 Å². The highest BCUT2D eigenvalue weighted by Gasteiger charge is 2.62. The number of aryl methyl sites for hydroxylation is 1. The smallest absolute Gasteiger partial charge is 0.417 e. The minimum atomic E-state index is -1.89. The summed E-state index contributed by atoms with van der Waals surface area (Å²) >= 11 is 6.45. The number of carbonyl (C=O) groups excluding carboxylic acids is 6. The molecule has 406 valence electrons. The maximum atomic E-state index is 14.9. The maximum Gasteiger partial charge on any atom is 0.417 e.